The van der Waals surface area contributed by atoms with Gasteiger partial charge in [0.25, 0.3) is 0 Å². The molecule has 28 heavy (non-hydrogen) atoms. The standard InChI is InChI=1S/C22H25N3O2S/c1-24(2)18-13-17(14-19(15-18)25(3)4)22-8-6-5-7-21(22)16-9-11-20(12-10-16)28(23,26)27/h5-15H,1-4H3,(H2,23,26,27). The number of sulfonamides is 1. The van der Waals surface area contributed by atoms with Crippen LogP contribution in [0, 0.1) is 0 Å². The van der Waals surface area contributed by atoms with Crippen molar-refractivity contribution in [3.63, 3.8) is 0 Å². The minimum absolute atomic E-state index is 0.109. The first-order valence-electron chi connectivity index (χ1n) is 8.89. The van der Waals surface area contributed by atoms with E-state index in [1.165, 1.54) is 0 Å². The number of nitrogens with two attached hydrogens (primary N) is 1. The van der Waals surface area contributed by atoms with Crippen molar-refractivity contribution < 1.29 is 8.42 Å². The maximum absolute atomic E-state index is 11.5. The Hall–Kier alpha value is -2.83. The first-order chi connectivity index (χ1) is 13.2. The van der Waals surface area contributed by atoms with Crippen LogP contribution in [0.5, 0.6) is 0 Å². The van der Waals surface area contributed by atoms with Crippen LogP contribution in [0.25, 0.3) is 22.3 Å². The van der Waals surface area contributed by atoms with Crippen molar-refractivity contribution in [3.8, 4) is 22.3 Å². The molecule has 0 heterocycles. The molecule has 0 atom stereocenters. The fourth-order valence-electron chi connectivity index (χ4n) is 3.08. The van der Waals surface area contributed by atoms with E-state index in [4.69, 9.17) is 5.14 Å². The molecule has 0 spiro atoms. The van der Waals surface area contributed by atoms with E-state index in [2.05, 4.69) is 34.1 Å². The van der Waals surface area contributed by atoms with Crippen LogP contribution in [0.3, 0.4) is 0 Å². The summed E-state index contributed by atoms with van der Waals surface area (Å²) in [5.41, 5.74) is 6.37. The van der Waals surface area contributed by atoms with Crippen LogP contribution < -0.4 is 14.9 Å². The summed E-state index contributed by atoms with van der Waals surface area (Å²) in [5, 5.41) is 5.22. The molecule has 0 fully saturated rings. The zero-order chi connectivity index (χ0) is 20.5. The molecule has 146 valence electrons. The van der Waals surface area contributed by atoms with E-state index in [-0.39, 0.29) is 4.90 Å². The van der Waals surface area contributed by atoms with Crippen molar-refractivity contribution >= 4 is 21.4 Å². The van der Waals surface area contributed by atoms with Crippen LogP contribution in [0.15, 0.2) is 71.6 Å². The Morgan fingerprint density at radius 2 is 1.14 bits per heavy atom. The Kier molecular flexibility index (Phi) is 5.45. The fraction of sp³-hybridized carbons (Fsp3) is 0.182. The smallest absolute Gasteiger partial charge is 0.238 e. The summed E-state index contributed by atoms with van der Waals surface area (Å²) >= 11 is 0. The zero-order valence-corrected chi connectivity index (χ0v) is 17.4. The van der Waals surface area contributed by atoms with Gasteiger partial charge < -0.3 is 9.80 Å². The second-order valence-corrected chi connectivity index (χ2v) is 8.70. The average molecular weight is 396 g/mol. The average Bonchev–Trinajstić information content (AvgIpc) is 2.67. The van der Waals surface area contributed by atoms with Gasteiger partial charge in [-0.25, -0.2) is 13.6 Å². The molecule has 0 aliphatic carbocycles. The Morgan fingerprint density at radius 1 is 0.679 bits per heavy atom. The number of benzene rings is 3. The molecular formula is C22H25N3O2S. The fourth-order valence-corrected chi connectivity index (χ4v) is 3.59. The van der Waals surface area contributed by atoms with Crippen molar-refractivity contribution in [2.24, 2.45) is 5.14 Å². The van der Waals surface area contributed by atoms with Crippen molar-refractivity contribution in [2.45, 2.75) is 4.90 Å². The van der Waals surface area contributed by atoms with Gasteiger partial charge in [-0.1, -0.05) is 36.4 Å². The number of anilines is 2. The predicted molar refractivity (Wildman–Crippen MR) is 117 cm³/mol. The van der Waals surface area contributed by atoms with Crippen molar-refractivity contribution in [1.82, 2.24) is 0 Å². The highest BCUT2D eigenvalue weighted by molar-refractivity contribution is 7.89. The van der Waals surface area contributed by atoms with E-state index >= 15 is 0 Å². The predicted octanol–water partition coefficient (Wildman–Crippen LogP) is 3.80. The monoisotopic (exact) mass is 395 g/mol. The number of hydrogen-bond donors (Lipinski definition) is 1. The van der Waals surface area contributed by atoms with Gasteiger partial charge in [-0.05, 0) is 52.6 Å². The Morgan fingerprint density at radius 3 is 1.57 bits per heavy atom. The van der Waals surface area contributed by atoms with Crippen LogP contribution >= 0.6 is 0 Å². The molecule has 2 N–H and O–H groups in total. The normalized spacial score (nSPS) is 11.3. The van der Waals surface area contributed by atoms with E-state index in [9.17, 15) is 8.42 Å². The summed E-state index contributed by atoms with van der Waals surface area (Å²) in [7, 11) is 4.39. The molecule has 3 aromatic rings. The number of nitrogens with zero attached hydrogens (tertiary/aromatic N) is 2. The van der Waals surface area contributed by atoms with Crippen molar-refractivity contribution in [1.29, 1.82) is 0 Å². The lowest BCUT2D eigenvalue weighted by molar-refractivity contribution is 0.598. The third kappa shape index (κ3) is 4.18. The van der Waals surface area contributed by atoms with Gasteiger partial charge in [0.1, 0.15) is 0 Å². The molecule has 0 aliphatic heterocycles. The Bertz CT molecular complexity index is 1060. The number of hydrogen-bond acceptors (Lipinski definition) is 4. The molecule has 0 amide bonds. The maximum atomic E-state index is 11.5. The number of primary sulfonamides is 1. The lowest BCUT2D eigenvalue weighted by Gasteiger charge is -2.21. The van der Waals surface area contributed by atoms with E-state index < -0.39 is 10.0 Å². The Labute approximate surface area is 167 Å². The zero-order valence-electron chi connectivity index (χ0n) is 16.5. The van der Waals surface area contributed by atoms with Crippen LogP contribution in [0.4, 0.5) is 11.4 Å². The van der Waals surface area contributed by atoms with E-state index in [0.717, 1.165) is 33.6 Å². The quantitative estimate of drug-likeness (QED) is 0.714. The molecule has 0 aromatic heterocycles. The minimum atomic E-state index is -3.71. The Balaban J connectivity index is 2.16. The van der Waals surface area contributed by atoms with Gasteiger partial charge in [-0.2, -0.15) is 0 Å². The molecule has 0 aliphatic rings. The van der Waals surface area contributed by atoms with Gasteiger partial charge in [0, 0.05) is 39.6 Å². The van der Waals surface area contributed by atoms with E-state index in [1.54, 1.807) is 24.3 Å². The van der Waals surface area contributed by atoms with Crippen molar-refractivity contribution in [2.75, 3.05) is 38.0 Å². The van der Waals surface area contributed by atoms with Gasteiger partial charge in [-0.15, -0.1) is 0 Å². The summed E-state index contributed by atoms with van der Waals surface area (Å²) < 4.78 is 23.1. The summed E-state index contributed by atoms with van der Waals surface area (Å²) in [5.74, 6) is 0. The molecule has 3 rings (SSSR count). The second-order valence-electron chi connectivity index (χ2n) is 7.14. The minimum Gasteiger partial charge on any atom is -0.378 e. The van der Waals surface area contributed by atoms with E-state index in [0.29, 0.717) is 0 Å². The van der Waals surface area contributed by atoms with Gasteiger partial charge in [-0.3, -0.25) is 0 Å². The van der Waals surface area contributed by atoms with Crippen LogP contribution in [-0.2, 0) is 10.0 Å². The first kappa shape index (κ1) is 19.9. The summed E-state index contributed by atoms with van der Waals surface area (Å²) in [6, 6.07) is 21.2. The highest BCUT2D eigenvalue weighted by atomic mass is 32.2. The van der Waals surface area contributed by atoms with E-state index in [1.807, 2.05) is 46.4 Å². The molecule has 3 aromatic carbocycles. The molecule has 0 radical (unpaired) electrons. The van der Waals surface area contributed by atoms with Crippen LogP contribution in [0.1, 0.15) is 0 Å². The van der Waals surface area contributed by atoms with Crippen LogP contribution in [-0.4, -0.2) is 36.6 Å². The largest absolute Gasteiger partial charge is 0.378 e. The third-order valence-electron chi connectivity index (χ3n) is 4.67. The van der Waals surface area contributed by atoms with Gasteiger partial charge >= 0.3 is 0 Å². The summed E-state index contributed by atoms with van der Waals surface area (Å²) in [4.78, 5) is 4.28. The van der Waals surface area contributed by atoms with Gasteiger partial charge in [0.05, 0.1) is 4.90 Å². The molecule has 0 unspecified atom stereocenters. The lowest BCUT2D eigenvalue weighted by Crippen LogP contribution is -2.12. The molecule has 0 bridgehead atoms. The molecule has 6 heteroatoms. The third-order valence-corrected chi connectivity index (χ3v) is 5.60. The molecule has 0 saturated heterocycles. The summed E-state index contributed by atoms with van der Waals surface area (Å²) in [6.07, 6.45) is 0. The second kappa shape index (κ2) is 7.66. The van der Waals surface area contributed by atoms with Gasteiger partial charge in [0.2, 0.25) is 10.0 Å². The molecule has 5 nitrogen and oxygen atoms in total. The summed E-state index contributed by atoms with van der Waals surface area (Å²) in [6.45, 7) is 0. The SMILES string of the molecule is CN(C)c1cc(-c2ccccc2-c2ccc(S(N)(=O)=O)cc2)cc(N(C)C)c1. The van der Waals surface area contributed by atoms with Gasteiger partial charge in [0.15, 0.2) is 0 Å². The highest BCUT2D eigenvalue weighted by Gasteiger charge is 2.12. The molecule has 0 saturated carbocycles. The maximum Gasteiger partial charge on any atom is 0.238 e. The van der Waals surface area contributed by atoms with Crippen molar-refractivity contribution in [3.05, 3.63) is 66.7 Å². The first-order valence-corrected chi connectivity index (χ1v) is 10.4. The number of rotatable bonds is 5. The topological polar surface area (TPSA) is 66.6 Å². The lowest BCUT2D eigenvalue weighted by atomic mass is 9.94. The molecular weight excluding hydrogens is 370 g/mol. The van der Waals surface area contributed by atoms with Crippen LogP contribution in [0.2, 0.25) is 0 Å². The highest BCUT2D eigenvalue weighted by Crippen LogP contribution is 2.36.